The van der Waals surface area contributed by atoms with Crippen molar-refractivity contribution < 1.29 is 19.4 Å². The summed E-state index contributed by atoms with van der Waals surface area (Å²) in [7, 11) is 0. The Morgan fingerprint density at radius 3 is 2.60 bits per heavy atom. The van der Waals surface area contributed by atoms with Gasteiger partial charge in [-0.2, -0.15) is 0 Å². The Hall–Kier alpha value is -2.30. The van der Waals surface area contributed by atoms with E-state index in [4.69, 9.17) is 4.74 Å². The second kappa shape index (κ2) is 6.23. The van der Waals surface area contributed by atoms with Crippen LogP contribution >= 0.6 is 0 Å². The molecule has 0 radical (unpaired) electrons. The van der Waals surface area contributed by atoms with Crippen molar-refractivity contribution >= 4 is 12.1 Å². The van der Waals surface area contributed by atoms with E-state index in [1.165, 1.54) is 11.0 Å². The van der Waals surface area contributed by atoms with Crippen LogP contribution in [0.4, 0.5) is 4.79 Å². The number of carboxylic acids is 1. The number of ether oxygens (including phenoxy) is 1. The smallest absolute Gasteiger partial charge is 0.410 e. The number of amides is 1. The van der Waals surface area contributed by atoms with Crippen LogP contribution in [0.5, 0.6) is 0 Å². The molecule has 1 aromatic carbocycles. The summed E-state index contributed by atoms with van der Waals surface area (Å²) in [5.41, 5.74) is 0.768. The molecule has 1 fully saturated rings. The minimum atomic E-state index is -0.861. The summed E-state index contributed by atoms with van der Waals surface area (Å²) in [5.74, 6) is -1.52. The summed E-state index contributed by atoms with van der Waals surface area (Å²) < 4.78 is 4.91. The van der Waals surface area contributed by atoms with Crippen LogP contribution in [0.1, 0.15) is 11.5 Å². The molecule has 1 N–H and O–H groups in total. The molecule has 0 aliphatic carbocycles. The summed E-state index contributed by atoms with van der Waals surface area (Å²) in [5, 5.41) is 9.38. The van der Waals surface area contributed by atoms with Gasteiger partial charge in [-0.05, 0) is 5.56 Å². The van der Waals surface area contributed by atoms with Gasteiger partial charge >= 0.3 is 12.1 Å². The third-order valence-electron chi connectivity index (χ3n) is 3.39. The molecule has 1 saturated heterocycles. The van der Waals surface area contributed by atoms with Gasteiger partial charge in [-0.25, -0.2) is 4.79 Å². The van der Waals surface area contributed by atoms with E-state index in [1.807, 2.05) is 18.2 Å². The second-order valence-electron chi connectivity index (χ2n) is 4.76. The molecule has 0 bridgehead atoms. The largest absolute Gasteiger partial charge is 0.481 e. The minimum Gasteiger partial charge on any atom is -0.481 e. The van der Waals surface area contributed by atoms with Crippen molar-refractivity contribution in [2.24, 2.45) is 5.92 Å². The molecule has 1 heterocycles. The highest BCUT2D eigenvalue weighted by atomic mass is 16.6. The number of carbonyl (C=O) groups excluding carboxylic acids is 1. The Morgan fingerprint density at radius 2 is 2.05 bits per heavy atom. The van der Waals surface area contributed by atoms with E-state index >= 15 is 0 Å². The van der Waals surface area contributed by atoms with Crippen molar-refractivity contribution in [1.29, 1.82) is 0 Å². The van der Waals surface area contributed by atoms with E-state index in [-0.39, 0.29) is 12.5 Å². The normalized spacial score (nSPS) is 16.1. The molecule has 20 heavy (non-hydrogen) atoms. The van der Waals surface area contributed by atoms with E-state index in [0.717, 1.165) is 5.56 Å². The first kappa shape index (κ1) is 14.1. The molecule has 1 aliphatic rings. The molecule has 1 aliphatic heterocycles. The van der Waals surface area contributed by atoms with Gasteiger partial charge in [0.25, 0.3) is 0 Å². The number of rotatable bonds is 5. The van der Waals surface area contributed by atoms with Crippen LogP contribution < -0.4 is 0 Å². The summed E-state index contributed by atoms with van der Waals surface area (Å²) in [4.78, 5) is 24.5. The summed E-state index contributed by atoms with van der Waals surface area (Å²) in [6.45, 7) is 4.45. The maximum Gasteiger partial charge on any atom is 0.410 e. The van der Waals surface area contributed by atoms with Gasteiger partial charge in [0, 0.05) is 19.0 Å². The zero-order valence-electron chi connectivity index (χ0n) is 11.1. The Bertz CT molecular complexity index is 494. The lowest BCUT2D eigenvalue weighted by Gasteiger charge is -2.41. The average Bonchev–Trinajstić information content (AvgIpc) is 2.40. The van der Waals surface area contributed by atoms with E-state index in [2.05, 4.69) is 6.58 Å². The fraction of sp³-hybridized carbons (Fsp3) is 0.333. The van der Waals surface area contributed by atoms with Gasteiger partial charge in [0.2, 0.25) is 0 Å². The molecule has 5 nitrogen and oxygen atoms in total. The van der Waals surface area contributed by atoms with Crippen LogP contribution in [-0.4, -0.2) is 41.8 Å². The van der Waals surface area contributed by atoms with Crippen molar-refractivity contribution in [2.45, 2.75) is 5.92 Å². The maximum absolute atomic E-state index is 11.6. The topological polar surface area (TPSA) is 66.8 Å². The highest BCUT2D eigenvalue weighted by Crippen LogP contribution is 2.32. The van der Waals surface area contributed by atoms with Crippen LogP contribution in [0.2, 0.25) is 0 Å². The molecule has 0 aromatic heterocycles. The van der Waals surface area contributed by atoms with Gasteiger partial charge in [0.05, 0.1) is 5.92 Å². The zero-order chi connectivity index (χ0) is 14.5. The molecular formula is C15H17NO4. The number of carboxylic acid groups (broad SMARTS) is 1. The first-order chi connectivity index (χ1) is 9.63. The van der Waals surface area contributed by atoms with E-state index in [0.29, 0.717) is 13.1 Å². The molecule has 1 aromatic rings. The number of likely N-dealkylation sites (tertiary alicyclic amines) is 1. The summed E-state index contributed by atoms with van der Waals surface area (Å²) in [6, 6.07) is 9.09. The molecule has 1 atom stereocenters. The number of hydrogen-bond acceptors (Lipinski definition) is 3. The quantitative estimate of drug-likeness (QED) is 0.836. The first-order valence-electron chi connectivity index (χ1n) is 6.44. The Morgan fingerprint density at radius 1 is 1.40 bits per heavy atom. The molecule has 5 heteroatoms. The van der Waals surface area contributed by atoms with Crippen molar-refractivity contribution in [1.82, 2.24) is 4.90 Å². The van der Waals surface area contributed by atoms with Crippen LogP contribution in [0.25, 0.3) is 0 Å². The number of nitrogens with zero attached hydrogens (tertiary/aromatic N) is 1. The number of benzene rings is 1. The molecule has 2 rings (SSSR count). The van der Waals surface area contributed by atoms with Crippen molar-refractivity contribution in [2.75, 3.05) is 19.7 Å². The van der Waals surface area contributed by atoms with Crippen molar-refractivity contribution in [3.63, 3.8) is 0 Å². The molecule has 106 valence electrons. The third-order valence-corrected chi connectivity index (χ3v) is 3.39. The Balaban J connectivity index is 1.97. The van der Waals surface area contributed by atoms with Crippen molar-refractivity contribution in [3.05, 3.63) is 48.6 Å². The van der Waals surface area contributed by atoms with Crippen LogP contribution in [0, 0.1) is 5.92 Å². The highest BCUT2D eigenvalue weighted by Gasteiger charge is 2.40. The summed E-state index contributed by atoms with van der Waals surface area (Å²) >= 11 is 0. The zero-order valence-corrected chi connectivity index (χ0v) is 11.1. The predicted octanol–water partition coefficient (Wildman–Crippen LogP) is 2.11. The standard InChI is InChI=1S/C15H17NO4/c1-2-8-20-15(19)16-9-12(10-16)13(14(17)18)11-6-4-3-5-7-11/h2-7,12-13H,1,8-10H2,(H,17,18). The lowest BCUT2D eigenvalue weighted by Crippen LogP contribution is -2.53. The summed E-state index contributed by atoms with van der Waals surface area (Å²) in [6.07, 6.45) is 1.08. The van der Waals surface area contributed by atoms with Gasteiger partial charge in [-0.15, -0.1) is 0 Å². The predicted molar refractivity (Wildman–Crippen MR) is 73.4 cm³/mol. The van der Waals surface area contributed by atoms with Gasteiger partial charge in [-0.3, -0.25) is 4.79 Å². The monoisotopic (exact) mass is 275 g/mol. The molecule has 0 spiro atoms. The van der Waals surface area contributed by atoms with Crippen molar-refractivity contribution in [3.8, 4) is 0 Å². The van der Waals surface area contributed by atoms with Gasteiger partial charge in [0.15, 0.2) is 0 Å². The van der Waals surface area contributed by atoms with Gasteiger partial charge in [-0.1, -0.05) is 43.0 Å². The second-order valence-corrected chi connectivity index (χ2v) is 4.76. The highest BCUT2D eigenvalue weighted by molar-refractivity contribution is 5.77. The molecular weight excluding hydrogens is 258 g/mol. The minimum absolute atomic E-state index is 0.0776. The van der Waals surface area contributed by atoms with Gasteiger partial charge in [0.1, 0.15) is 6.61 Å². The Kier molecular flexibility index (Phi) is 4.40. The van der Waals surface area contributed by atoms with E-state index < -0.39 is 18.0 Å². The SMILES string of the molecule is C=CCOC(=O)N1CC(C(C(=O)O)c2ccccc2)C1. The van der Waals surface area contributed by atoms with Crippen LogP contribution in [0.3, 0.4) is 0 Å². The van der Waals surface area contributed by atoms with Crippen LogP contribution in [-0.2, 0) is 9.53 Å². The number of carbonyl (C=O) groups is 2. The Labute approximate surface area is 117 Å². The fourth-order valence-corrected chi connectivity index (χ4v) is 2.37. The molecule has 0 saturated carbocycles. The van der Waals surface area contributed by atoms with E-state index in [1.54, 1.807) is 12.1 Å². The first-order valence-corrected chi connectivity index (χ1v) is 6.44. The van der Waals surface area contributed by atoms with Gasteiger partial charge < -0.3 is 14.7 Å². The maximum atomic E-state index is 11.6. The number of hydrogen-bond donors (Lipinski definition) is 1. The lowest BCUT2D eigenvalue weighted by atomic mass is 9.81. The fourth-order valence-electron chi connectivity index (χ4n) is 2.37. The average molecular weight is 275 g/mol. The van der Waals surface area contributed by atoms with Crippen LogP contribution in [0.15, 0.2) is 43.0 Å². The molecule has 1 amide bonds. The van der Waals surface area contributed by atoms with E-state index in [9.17, 15) is 14.7 Å². The molecule has 1 unspecified atom stereocenters. The lowest BCUT2D eigenvalue weighted by molar-refractivity contribution is -0.141. The number of aliphatic carboxylic acids is 1. The third kappa shape index (κ3) is 2.99.